The van der Waals surface area contributed by atoms with Crippen molar-refractivity contribution in [3.05, 3.63) is 16.3 Å². The van der Waals surface area contributed by atoms with Gasteiger partial charge in [-0.05, 0) is 23.1 Å². The minimum absolute atomic E-state index is 0.675. The van der Waals surface area contributed by atoms with Crippen LogP contribution >= 0.6 is 23.1 Å². The van der Waals surface area contributed by atoms with Crippen molar-refractivity contribution in [3.63, 3.8) is 0 Å². The molecule has 56 valence electrons. The Bertz CT molecular complexity index is 201. The Balaban J connectivity index is 2.90. The molecular formula is C8H12S2. The van der Waals surface area contributed by atoms with Gasteiger partial charge < -0.3 is 0 Å². The molecule has 0 aromatic carbocycles. The van der Waals surface area contributed by atoms with Crippen LogP contribution < -0.4 is 0 Å². The zero-order valence-electron chi connectivity index (χ0n) is 6.55. The van der Waals surface area contributed by atoms with Gasteiger partial charge in [-0.3, -0.25) is 0 Å². The summed E-state index contributed by atoms with van der Waals surface area (Å²) < 4.78 is 0. The van der Waals surface area contributed by atoms with E-state index in [9.17, 15) is 0 Å². The van der Waals surface area contributed by atoms with Crippen LogP contribution in [0, 0.1) is 0 Å². The van der Waals surface area contributed by atoms with Gasteiger partial charge in [-0.1, -0.05) is 13.8 Å². The largest absolute Gasteiger partial charge is 0.151 e. The highest BCUT2D eigenvalue weighted by Gasteiger charge is 2.05. The molecule has 0 saturated carbocycles. The summed E-state index contributed by atoms with van der Waals surface area (Å²) in [6, 6.07) is 0. The van der Waals surface area contributed by atoms with Gasteiger partial charge >= 0.3 is 0 Å². The van der Waals surface area contributed by atoms with E-state index in [0.29, 0.717) is 5.92 Å². The van der Waals surface area contributed by atoms with Gasteiger partial charge in [-0.2, -0.15) is 11.3 Å². The van der Waals surface area contributed by atoms with Gasteiger partial charge in [0, 0.05) is 10.3 Å². The second-order valence-corrected chi connectivity index (χ2v) is 4.14. The first-order valence-electron chi connectivity index (χ1n) is 3.35. The number of thioether (sulfide) groups is 1. The second-order valence-electron chi connectivity index (χ2n) is 2.55. The Labute approximate surface area is 70.7 Å². The molecule has 0 aliphatic rings. The zero-order chi connectivity index (χ0) is 7.56. The highest BCUT2D eigenvalue weighted by molar-refractivity contribution is 7.98. The number of hydrogen-bond acceptors (Lipinski definition) is 2. The lowest BCUT2D eigenvalue weighted by molar-refractivity contribution is 0.851. The Morgan fingerprint density at radius 3 is 2.50 bits per heavy atom. The molecule has 0 aliphatic heterocycles. The molecule has 1 aromatic rings. The third kappa shape index (κ3) is 1.55. The van der Waals surface area contributed by atoms with Crippen LogP contribution in [-0.4, -0.2) is 6.26 Å². The van der Waals surface area contributed by atoms with Crippen LogP contribution in [-0.2, 0) is 0 Å². The fourth-order valence-electron chi connectivity index (χ4n) is 0.882. The van der Waals surface area contributed by atoms with Crippen LogP contribution in [0.1, 0.15) is 25.3 Å². The molecule has 0 fully saturated rings. The summed E-state index contributed by atoms with van der Waals surface area (Å²) in [5.41, 5.74) is 1.50. The predicted molar refractivity (Wildman–Crippen MR) is 50.2 cm³/mol. The molecule has 1 aromatic heterocycles. The lowest BCUT2D eigenvalue weighted by atomic mass is 10.1. The summed E-state index contributed by atoms with van der Waals surface area (Å²) in [5.74, 6) is 0.675. The minimum Gasteiger partial charge on any atom is -0.151 e. The van der Waals surface area contributed by atoms with E-state index in [0.717, 1.165) is 0 Å². The van der Waals surface area contributed by atoms with Crippen molar-refractivity contribution in [2.24, 2.45) is 0 Å². The maximum atomic E-state index is 2.25. The first-order chi connectivity index (χ1) is 4.75. The van der Waals surface area contributed by atoms with E-state index < -0.39 is 0 Å². The highest BCUT2D eigenvalue weighted by atomic mass is 32.2. The molecule has 0 amide bonds. The highest BCUT2D eigenvalue weighted by Crippen LogP contribution is 2.29. The van der Waals surface area contributed by atoms with E-state index >= 15 is 0 Å². The molecule has 10 heavy (non-hydrogen) atoms. The fourth-order valence-corrected chi connectivity index (χ4v) is 2.91. The van der Waals surface area contributed by atoms with Crippen LogP contribution in [0.3, 0.4) is 0 Å². The number of rotatable bonds is 2. The first kappa shape index (κ1) is 8.15. The van der Waals surface area contributed by atoms with Crippen molar-refractivity contribution in [1.29, 1.82) is 0 Å². The summed E-state index contributed by atoms with van der Waals surface area (Å²) in [6.07, 6.45) is 2.13. The topological polar surface area (TPSA) is 0 Å². The molecule has 0 spiro atoms. The summed E-state index contributed by atoms with van der Waals surface area (Å²) >= 11 is 3.64. The van der Waals surface area contributed by atoms with E-state index in [-0.39, 0.29) is 0 Å². The van der Waals surface area contributed by atoms with Crippen molar-refractivity contribution >= 4 is 23.1 Å². The van der Waals surface area contributed by atoms with Crippen LogP contribution in [0.5, 0.6) is 0 Å². The van der Waals surface area contributed by atoms with Gasteiger partial charge in [-0.15, -0.1) is 11.8 Å². The Hall–Kier alpha value is 0.0500. The Morgan fingerprint density at radius 2 is 2.10 bits per heavy atom. The molecule has 0 aliphatic carbocycles. The van der Waals surface area contributed by atoms with Crippen LogP contribution in [0.2, 0.25) is 0 Å². The van der Waals surface area contributed by atoms with E-state index in [1.807, 2.05) is 11.8 Å². The molecular weight excluding hydrogens is 160 g/mol. The maximum absolute atomic E-state index is 2.25. The van der Waals surface area contributed by atoms with Crippen LogP contribution in [0.25, 0.3) is 0 Å². The van der Waals surface area contributed by atoms with E-state index in [1.54, 1.807) is 11.3 Å². The van der Waals surface area contributed by atoms with E-state index in [2.05, 4.69) is 30.9 Å². The normalized spacial score (nSPS) is 10.8. The lowest BCUT2D eigenvalue weighted by Gasteiger charge is -2.03. The summed E-state index contributed by atoms with van der Waals surface area (Å²) in [6.45, 7) is 4.48. The average Bonchev–Trinajstić information content (AvgIpc) is 2.33. The molecule has 1 heterocycles. The van der Waals surface area contributed by atoms with E-state index in [4.69, 9.17) is 0 Å². The molecule has 0 N–H and O–H groups in total. The molecule has 0 nitrogen and oxygen atoms in total. The van der Waals surface area contributed by atoms with Gasteiger partial charge in [-0.25, -0.2) is 0 Å². The van der Waals surface area contributed by atoms with E-state index in [1.165, 1.54) is 10.5 Å². The van der Waals surface area contributed by atoms with Gasteiger partial charge in [0.15, 0.2) is 0 Å². The third-order valence-electron chi connectivity index (χ3n) is 1.50. The zero-order valence-corrected chi connectivity index (χ0v) is 8.18. The van der Waals surface area contributed by atoms with Crippen molar-refractivity contribution in [2.45, 2.75) is 24.7 Å². The van der Waals surface area contributed by atoms with Crippen LogP contribution in [0.4, 0.5) is 0 Å². The number of thiophene rings is 1. The lowest BCUT2D eigenvalue weighted by Crippen LogP contribution is -1.84. The SMILES string of the molecule is CSc1cscc1C(C)C. The average molecular weight is 172 g/mol. The summed E-state index contributed by atoms with van der Waals surface area (Å²) in [5, 5.41) is 4.47. The van der Waals surface area contributed by atoms with Crippen LogP contribution in [0.15, 0.2) is 15.7 Å². The Kier molecular flexibility index (Phi) is 2.81. The summed E-state index contributed by atoms with van der Waals surface area (Å²) in [4.78, 5) is 1.44. The van der Waals surface area contributed by atoms with Crippen molar-refractivity contribution in [1.82, 2.24) is 0 Å². The molecule has 0 saturated heterocycles. The van der Waals surface area contributed by atoms with Gasteiger partial charge in [0.05, 0.1) is 0 Å². The van der Waals surface area contributed by atoms with Gasteiger partial charge in [0.1, 0.15) is 0 Å². The van der Waals surface area contributed by atoms with Crippen molar-refractivity contribution < 1.29 is 0 Å². The molecule has 1 rings (SSSR count). The summed E-state index contributed by atoms with van der Waals surface area (Å²) in [7, 11) is 0. The van der Waals surface area contributed by atoms with Gasteiger partial charge in [0.2, 0.25) is 0 Å². The fraction of sp³-hybridized carbons (Fsp3) is 0.500. The number of hydrogen-bond donors (Lipinski definition) is 0. The smallest absolute Gasteiger partial charge is 0.0211 e. The van der Waals surface area contributed by atoms with Crippen molar-refractivity contribution in [2.75, 3.05) is 6.26 Å². The van der Waals surface area contributed by atoms with Crippen molar-refractivity contribution in [3.8, 4) is 0 Å². The minimum atomic E-state index is 0.675. The molecule has 0 unspecified atom stereocenters. The quantitative estimate of drug-likeness (QED) is 0.614. The first-order valence-corrected chi connectivity index (χ1v) is 5.52. The Morgan fingerprint density at radius 1 is 1.40 bits per heavy atom. The second kappa shape index (κ2) is 3.44. The molecule has 0 atom stereocenters. The van der Waals surface area contributed by atoms with Gasteiger partial charge in [0.25, 0.3) is 0 Å². The maximum Gasteiger partial charge on any atom is 0.0211 e. The monoisotopic (exact) mass is 172 g/mol. The molecule has 2 heteroatoms. The standard InChI is InChI=1S/C8H12S2/c1-6(2)7-4-10-5-8(7)9-3/h4-6H,1-3H3. The predicted octanol–water partition coefficient (Wildman–Crippen LogP) is 3.59. The molecule has 0 radical (unpaired) electrons. The third-order valence-corrected chi connectivity index (χ3v) is 3.20. The molecule has 0 bridgehead atoms.